The molecule has 0 aliphatic carbocycles. The molecule has 18 heavy (non-hydrogen) atoms. The Morgan fingerprint density at radius 2 is 2.06 bits per heavy atom. The number of hydrogen-bond acceptors (Lipinski definition) is 4. The molecule has 1 aliphatic rings. The normalized spacial score (nSPS) is 24.3. The molecule has 1 saturated heterocycles. The van der Waals surface area contributed by atoms with E-state index in [1.54, 1.807) is 0 Å². The molecule has 2 rings (SSSR count). The summed E-state index contributed by atoms with van der Waals surface area (Å²) in [5, 5.41) is 0. The second-order valence-electron chi connectivity index (χ2n) is 4.88. The van der Waals surface area contributed by atoms with Crippen LogP contribution in [0.3, 0.4) is 0 Å². The first-order valence-corrected chi connectivity index (χ1v) is 8.03. The minimum Gasteiger partial charge on any atom is -0.329 e. The van der Waals surface area contributed by atoms with E-state index in [1.807, 2.05) is 37.4 Å². The van der Waals surface area contributed by atoms with Gasteiger partial charge in [0.05, 0.1) is 11.5 Å². The first-order valence-electron chi connectivity index (χ1n) is 6.21. The minimum absolute atomic E-state index is 0.0868. The van der Waals surface area contributed by atoms with E-state index in [1.165, 1.54) is 0 Å². The molecule has 2 atom stereocenters. The Hall–Kier alpha value is -0.910. The molecule has 0 radical (unpaired) electrons. The predicted octanol–water partition coefficient (Wildman–Crippen LogP) is 0.805. The second kappa shape index (κ2) is 5.38. The molecule has 2 unspecified atom stereocenters. The lowest BCUT2D eigenvalue weighted by Gasteiger charge is -2.32. The maximum Gasteiger partial charge on any atom is 0.151 e. The second-order valence-corrected chi connectivity index (χ2v) is 7.11. The summed E-state index contributed by atoms with van der Waals surface area (Å²) in [5.41, 5.74) is 6.99. The van der Waals surface area contributed by atoms with E-state index in [2.05, 4.69) is 4.90 Å². The van der Waals surface area contributed by atoms with Gasteiger partial charge in [-0.15, -0.1) is 0 Å². The van der Waals surface area contributed by atoms with Crippen molar-refractivity contribution in [2.45, 2.75) is 18.5 Å². The summed E-state index contributed by atoms with van der Waals surface area (Å²) in [6.07, 6.45) is 0.710. The fraction of sp³-hybridized carbons (Fsp3) is 0.538. The zero-order valence-corrected chi connectivity index (χ0v) is 11.4. The molecule has 0 aromatic heterocycles. The average molecular weight is 268 g/mol. The standard InChI is InChI=1S/C13H20N2O2S/c1-15(12-7-8-18(16,17)10-12)13(9-14)11-5-3-2-4-6-11/h2-6,12-13H,7-10,14H2,1H3. The van der Waals surface area contributed by atoms with Crippen LogP contribution in [0.15, 0.2) is 30.3 Å². The quantitative estimate of drug-likeness (QED) is 0.877. The van der Waals surface area contributed by atoms with Crippen LogP contribution in [0, 0.1) is 0 Å². The summed E-state index contributed by atoms with van der Waals surface area (Å²) in [4.78, 5) is 2.11. The molecular formula is C13H20N2O2S. The predicted molar refractivity (Wildman–Crippen MR) is 73.1 cm³/mol. The van der Waals surface area contributed by atoms with Crippen LogP contribution in [-0.2, 0) is 9.84 Å². The van der Waals surface area contributed by atoms with Crippen molar-refractivity contribution in [1.82, 2.24) is 4.90 Å². The van der Waals surface area contributed by atoms with E-state index in [9.17, 15) is 8.42 Å². The van der Waals surface area contributed by atoms with E-state index in [0.717, 1.165) is 5.56 Å². The van der Waals surface area contributed by atoms with Crippen LogP contribution in [0.2, 0.25) is 0 Å². The van der Waals surface area contributed by atoms with Gasteiger partial charge < -0.3 is 5.73 Å². The van der Waals surface area contributed by atoms with Gasteiger partial charge in [0.1, 0.15) is 0 Å². The summed E-state index contributed by atoms with van der Waals surface area (Å²) in [6, 6.07) is 10.2. The van der Waals surface area contributed by atoms with Crippen molar-refractivity contribution in [2.75, 3.05) is 25.1 Å². The number of likely N-dealkylation sites (N-methyl/N-ethyl adjacent to an activating group) is 1. The van der Waals surface area contributed by atoms with Gasteiger partial charge in [0.2, 0.25) is 0 Å². The van der Waals surface area contributed by atoms with Crippen LogP contribution < -0.4 is 5.73 Å². The maximum atomic E-state index is 11.5. The number of nitrogens with zero attached hydrogens (tertiary/aromatic N) is 1. The smallest absolute Gasteiger partial charge is 0.151 e. The maximum absolute atomic E-state index is 11.5. The number of nitrogens with two attached hydrogens (primary N) is 1. The summed E-state index contributed by atoms with van der Waals surface area (Å²) in [7, 11) is -0.879. The largest absolute Gasteiger partial charge is 0.329 e. The summed E-state index contributed by atoms with van der Waals surface area (Å²) in [5.74, 6) is 0.556. The highest BCUT2D eigenvalue weighted by atomic mass is 32.2. The van der Waals surface area contributed by atoms with Crippen LogP contribution in [0.5, 0.6) is 0 Å². The zero-order chi connectivity index (χ0) is 13.2. The average Bonchev–Trinajstić information content (AvgIpc) is 2.72. The van der Waals surface area contributed by atoms with Gasteiger partial charge in [-0.25, -0.2) is 8.42 Å². The number of hydrogen-bond donors (Lipinski definition) is 1. The number of sulfone groups is 1. The lowest BCUT2D eigenvalue weighted by Crippen LogP contribution is -2.39. The monoisotopic (exact) mass is 268 g/mol. The van der Waals surface area contributed by atoms with Crippen molar-refractivity contribution in [2.24, 2.45) is 5.73 Å². The van der Waals surface area contributed by atoms with Gasteiger partial charge in [0.15, 0.2) is 9.84 Å². The zero-order valence-electron chi connectivity index (χ0n) is 10.6. The van der Waals surface area contributed by atoms with Gasteiger partial charge in [0, 0.05) is 18.6 Å². The summed E-state index contributed by atoms with van der Waals surface area (Å²) < 4.78 is 23.1. The van der Waals surface area contributed by atoms with Crippen molar-refractivity contribution in [3.8, 4) is 0 Å². The summed E-state index contributed by atoms with van der Waals surface area (Å²) >= 11 is 0. The number of benzene rings is 1. The SMILES string of the molecule is CN(C1CCS(=O)(=O)C1)C(CN)c1ccccc1. The molecule has 1 fully saturated rings. The molecule has 0 spiro atoms. The Balaban J connectivity index is 2.14. The van der Waals surface area contributed by atoms with Crippen molar-refractivity contribution >= 4 is 9.84 Å². The van der Waals surface area contributed by atoms with E-state index in [0.29, 0.717) is 18.7 Å². The lowest BCUT2D eigenvalue weighted by molar-refractivity contribution is 0.192. The van der Waals surface area contributed by atoms with E-state index in [-0.39, 0.29) is 17.8 Å². The molecule has 5 heteroatoms. The Kier molecular flexibility index (Phi) is 4.04. The molecule has 0 amide bonds. The third kappa shape index (κ3) is 2.91. The first-order chi connectivity index (χ1) is 8.53. The molecule has 100 valence electrons. The number of rotatable bonds is 4. The topological polar surface area (TPSA) is 63.4 Å². The van der Waals surface area contributed by atoms with Crippen LogP contribution in [-0.4, -0.2) is 44.5 Å². The van der Waals surface area contributed by atoms with E-state index < -0.39 is 9.84 Å². The third-order valence-corrected chi connectivity index (χ3v) is 5.43. The van der Waals surface area contributed by atoms with Crippen molar-refractivity contribution < 1.29 is 8.42 Å². The summed E-state index contributed by atoms with van der Waals surface area (Å²) in [6.45, 7) is 0.497. The van der Waals surface area contributed by atoms with Gasteiger partial charge in [-0.05, 0) is 19.0 Å². The molecule has 2 N–H and O–H groups in total. The molecule has 1 aromatic carbocycles. The van der Waals surface area contributed by atoms with Crippen molar-refractivity contribution in [1.29, 1.82) is 0 Å². The van der Waals surface area contributed by atoms with Crippen LogP contribution in [0.1, 0.15) is 18.0 Å². The molecule has 1 aromatic rings. The van der Waals surface area contributed by atoms with E-state index in [4.69, 9.17) is 5.73 Å². The lowest BCUT2D eigenvalue weighted by atomic mass is 10.0. The van der Waals surface area contributed by atoms with Crippen molar-refractivity contribution in [3.63, 3.8) is 0 Å². The Bertz CT molecular complexity index is 487. The third-order valence-electron chi connectivity index (χ3n) is 3.68. The molecular weight excluding hydrogens is 248 g/mol. The Morgan fingerprint density at radius 1 is 1.39 bits per heavy atom. The first kappa shape index (κ1) is 13.5. The Morgan fingerprint density at radius 3 is 2.56 bits per heavy atom. The van der Waals surface area contributed by atoms with Crippen LogP contribution >= 0.6 is 0 Å². The molecule has 0 saturated carbocycles. The van der Waals surface area contributed by atoms with Gasteiger partial charge in [-0.2, -0.15) is 0 Å². The van der Waals surface area contributed by atoms with E-state index >= 15 is 0 Å². The molecule has 1 aliphatic heterocycles. The van der Waals surface area contributed by atoms with Gasteiger partial charge in [-0.1, -0.05) is 30.3 Å². The van der Waals surface area contributed by atoms with Gasteiger partial charge in [-0.3, -0.25) is 4.90 Å². The van der Waals surface area contributed by atoms with Gasteiger partial charge in [0.25, 0.3) is 0 Å². The fourth-order valence-corrected chi connectivity index (χ4v) is 4.35. The van der Waals surface area contributed by atoms with Gasteiger partial charge >= 0.3 is 0 Å². The van der Waals surface area contributed by atoms with Crippen LogP contribution in [0.4, 0.5) is 0 Å². The molecule has 0 bridgehead atoms. The highest BCUT2D eigenvalue weighted by molar-refractivity contribution is 7.91. The van der Waals surface area contributed by atoms with Crippen LogP contribution in [0.25, 0.3) is 0 Å². The minimum atomic E-state index is -2.85. The molecule has 1 heterocycles. The fourth-order valence-electron chi connectivity index (χ4n) is 2.56. The highest BCUT2D eigenvalue weighted by Gasteiger charge is 2.33. The van der Waals surface area contributed by atoms with Crippen molar-refractivity contribution in [3.05, 3.63) is 35.9 Å². The molecule has 4 nitrogen and oxygen atoms in total. The highest BCUT2D eigenvalue weighted by Crippen LogP contribution is 2.25. The Labute approximate surface area is 109 Å².